The van der Waals surface area contributed by atoms with E-state index in [0.29, 0.717) is 17.7 Å². The van der Waals surface area contributed by atoms with Gasteiger partial charge in [0, 0.05) is 56.5 Å². The molecule has 138 valence electrons. The minimum Gasteiger partial charge on any atom is -0.396 e. The third kappa shape index (κ3) is 3.47. The fraction of sp³-hybridized carbons (Fsp3) is 0.789. The van der Waals surface area contributed by atoms with E-state index in [9.17, 15) is 9.90 Å². The number of likely N-dealkylation sites (tertiary alicyclic amines) is 2. The summed E-state index contributed by atoms with van der Waals surface area (Å²) in [6.07, 6.45) is 7.30. The highest BCUT2D eigenvalue weighted by Crippen LogP contribution is 2.46. The molecule has 3 aliphatic rings. The number of aromatic nitrogens is 2. The maximum Gasteiger partial charge on any atom is 0.225 e. The van der Waals surface area contributed by atoms with Gasteiger partial charge in [-0.05, 0) is 51.0 Å². The molecule has 25 heavy (non-hydrogen) atoms. The summed E-state index contributed by atoms with van der Waals surface area (Å²) in [5.74, 6) is 1.96. The van der Waals surface area contributed by atoms with E-state index in [1.165, 1.54) is 0 Å². The Balaban J connectivity index is 1.36. The summed E-state index contributed by atoms with van der Waals surface area (Å²) in [4.78, 5) is 24.4. The quantitative estimate of drug-likeness (QED) is 0.868. The summed E-state index contributed by atoms with van der Waals surface area (Å²) in [5.41, 5.74) is 1.37. The van der Waals surface area contributed by atoms with Crippen LogP contribution in [-0.4, -0.2) is 63.6 Å². The normalized spacial score (nSPS) is 27.0. The second-order valence-corrected chi connectivity index (χ2v) is 8.32. The number of hydrogen-bond donors (Lipinski definition) is 2. The van der Waals surface area contributed by atoms with Crippen LogP contribution in [0.2, 0.25) is 0 Å². The first-order valence-electron chi connectivity index (χ1n) is 9.72. The number of rotatable bonds is 4. The van der Waals surface area contributed by atoms with Gasteiger partial charge in [0.25, 0.3) is 0 Å². The molecule has 0 bridgehead atoms. The van der Waals surface area contributed by atoms with Crippen LogP contribution in [0.15, 0.2) is 6.20 Å². The Morgan fingerprint density at radius 2 is 2.04 bits per heavy atom. The zero-order chi connectivity index (χ0) is 17.4. The average Bonchev–Trinajstić information content (AvgIpc) is 3.40. The number of aromatic amines is 1. The van der Waals surface area contributed by atoms with Gasteiger partial charge in [0.15, 0.2) is 0 Å². The molecule has 1 spiro atoms. The van der Waals surface area contributed by atoms with Crippen LogP contribution in [0.5, 0.6) is 0 Å². The lowest BCUT2D eigenvalue weighted by molar-refractivity contribution is -0.137. The van der Waals surface area contributed by atoms with Crippen LogP contribution < -0.4 is 0 Å². The number of aryl methyl sites for hydroxylation is 1. The molecule has 0 radical (unpaired) electrons. The van der Waals surface area contributed by atoms with Gasteiger partial charge in [-0.2, -0.15) is 0 Å². The monoisotopic (exact) mass is 346 g/mol. The fourth-order valence-corrected chi connectivity index (χ4v) is 4.79. The SMILES string of the molecule is Cc1ncc(CN2CCC3(CCN(C(=O)C4CC4)CC3)[C@@H](CO)C2)[nH]1. The van der Waals surface area contributed by atoms with Crippen LogP contribution in [0.3, 0.4) is 0 Å². The standard InChI is InChI=1S/C19H30N4O2/c1-14-20-10-17(21-14)12-22-7-4-19(16(11-22)13-24)5-8-23(9-6-19)18(25)15-2-3-15/h10,15-16,24H,2-9,11-13H2,1H3,(H,20,21)/t16-/m1/s1. The number of piperidine rings is 2. The Labute approximate surface area is 149 Å². The summed E-state index contributed by atoms with van der Waals surface area (Å²) >= 11 is 0. The number of amides is 1. The highest BCUT2D eigenvalue weighted by atomic mass is 16.3. The zero-order valence-electron chi connectivity index (χ0n) is 15.2. The lowest BCUT2D eigenvalue weighted by atomic mass is 9.64. The Hall–Kier alpha value is -1.40. The van der Waals surface area contributed by atoms with E-state index in [0.717, 1.165) is 76.3 Å². The van der Waals surface area contributed by atoms with Crippen molar-refractivity contribution in [1.29, 1.82) is 0 Å². The van der Waals surface area contributed by atoms with Gasteiger partial charge in [0.05, 0.1) is 0 Å². The maximum atomic E-state index is 12.3. The Morgan fingerprint density at radius 1 is 1.32 bits per heavy atom. The number of nitrogens with zero attached hydrogens (tertiary/aromatic N) is 3. The number of carbonyl (C=O) groups excluding carboxylic acids is 1. The van der Waals surface area contributed by atoms with Gasteiger partial charge >= 0.3 is 0 Å². The number of nitrogens with one attached hydrogen (secondary N) is 1. The molecule has 2 N–H and O–H groups in total. The predicted molar refractivity (Wildman–Crippen MR) is 94.8 cm³/mol. The van der Waals surface area contributed by atoms with Crippen molar-refractivity contribution in [2.24, 2.45) is 17.3 Å². The van der Waals surface area contributed by atoms with Crippen LogP contribution in [0, 0.1) is 24.2 Å². The number of aliphatic hydroxyl groups excluding tert-OH is 1. The van der Waals surface area contributed by atoms with E-state index < -0.39 is 0 Å². The summed E-state index contributed by atoms with van der Waals surface area (Å²) in [5, 5.41) is 10.0. The summed E-state index contributed by atoms with van der Waals surface area (Å²) in [6.45, 7) is 6.85. The first-order chi connectivity index (χ1) is 12.1. The number of imidazole rings is 1. The summed E-state index contributed by atoms with van der Waals surface area (Å²) in [6, 6.07) is 0. The third-order valence-corrected chi connectivity index (χ3v) is 6.64. The molecule has 1 saturated carbocycles. The van der Waals surface area contributed by atoms with Crippen LogP contribution in [0.1, 0.15) is 43.6 Å². The van der Waals surface area contributed by atoms with Crippen molar-refractivity contribution < 1.29 is 9.90 Å². The molecule has 1 aliphatic carbocycles. The number of H-pyrrole nitrogens is 1. The number of hydrogen-bond acceptors (Lipinski definition) is 4. The molecule has 6 heteroatoms. The van der Waals surface area contributed by atoms with Gasteiger partial charge in [-0.1, -0.05) is 0 Å². The molecule has 0 unspecified atom stereocenters. The molecule has 2 aliphatic heterocycles. The third-order valence-electron chi connectivity index (χ3n) is 6.64. The maximum absolute atomic E-state index is 12.3. The van der Waals surface area contributed by atoms with Gasteiger partial charge < -0.3 is 15.0 Å². The van der Waals surface area contributed by atoms with Crippen molar-refractivity contribution in [3.8, 4) is 0 Å². The van der Waals surface area contributed by atoms with E-state index in [2.05, 4.69) is 19.8 Å². The first kappa shape index (κ1) is 17.0. The molecule has 3 heterocycles. The molecular weight excluding hydrogens is 316 g/mol. The molecule has 4 rings (SSSR count). The lowest BCUT2D eigenvalue weighted by Crippen LogP contribution is -2.54. The van der Waals surface area contributed by atoms with Crippen LogP contribution >= 0.6 is 0 Å². The Kier molecular flexibility index (Phi) is 4.58. The van der Waals surface area contributed by atoms with Crippen LogP contribution in [0.4, 0.5) is 0 Å². The molecule has 1 atom stereocenters. The van der Waals surface area contributed by atoms with Gasteiger partial charge in [0.1, 0.15) is 5.82 Å². The van der Waals surface area contributed by atoms with Crippen LogP contribution in [-0.2, 0) is 11.3 Å². The minimum absolute atomic E-state index is 0.218. The average molecular weight is 346 g/mol. The summed E-state index contributed by atoms with van der Waals surface area (Å²) in [7, 11) is 0. The zero-order valence-corrected chi connectivity index (χ0v) is 15.2. The van der Waals surface area contributed by atoms with Crippen molar-refractivity contribution in [3.63, 3.8) is 0 Å². The highest BCUT2D eigenvalue weighted by Gasteiger charge is 2.46. The molecule has 0 aromatic carbocycles. The van der Waals surface area contributed by atoms with Crippen molar-refractivity contribution in [2.75, 3.05) is 32.8 Å². The second-order valence-electron chi connectivity index (χ2n) is 8.32. The van der Waals surface area contributed by atoms with Crippen molar-refractivity contribution in [1.82, 2.24) is 19.8 Å². The smallest absolute Gasteiger partial charge is 0.225 e. The predicted octanol–water partition coefficient (Wildman–Crippen LogP) is 1.55. The number of aliphatic hydroxyl groups is 1. The highest BCUT2D eigenvalue weighted by molar-refractivity contribution is 5.81. The molecule has 1 amide bonds. The molecule has 1 aromatic rings. The van der Waals surface area contributed by atoms with E-state index in [-0.39, 0.29) is 12.0 Å². The van der Waals surface area contributed by atoms with E-state index >= 15 is 0 Å². The number of carbonyl (C=O) groups is 1. The largest absolute Gasteiger partial charge is 0.396 e. The Morgan fingerprint density at radius 3 is 2.64 bits per heavy atom. The fourth-order valence-electron chi connectivity index (χ4n) is 4.79. The second kappa shape index (κ2) is 6.72. The van der Waals surface area contributed by atoms with Crippen LogP contribution in [0.25, 0.3) is 0 Å². The molecule has 2 saturated heterocycles. The molecule has 1 aromatic heterocycles. The molecule has 6 nitrogen and oxygen atoms in total. The topological polar surface area (TPSA) is 72.5 Å². The Bertz CT molecular complexity index is 617. The molecular formula is C19H30N4O2. The van der Waals surface area contributed by atoms with Gasteiger partial charge in [-0.3, -0.25) is 9.69 Å². The lowest BCUT2D eigenvalue weighted by Gasteiger charge is -2.51. The van der Waals surface area contributed by atoms with Gasteiger partial charge in [0.2, 0.25) is 5.91 Å². The van der Waals surface area contributed by atoms with Crippen molar-refractivity contribution in [3.05, 3.63) is 17.7 Å². The molecule has 3 fully saturated rings. The first-order valence-corrected chi connectivity index (χ1v) is 9.72. The van der Waals surface area contributed by atoms with E-state index in [1.807, 2.05) is 13.1 Å². The van der Waals surface area contributed by atoms with E-state index in [1.54, 1.807) is 0 Å². The minimum atomic E-state index is 0.218. The van der Waals surface area contributed by atoms with Gasteiger partial charge in [-0.25, -0.2) is 4.98 Å². The summed E-state index contributed by atoms with van der Waals surface area (Å²) < 4.78 is 0. The van der Waals surface area contributed by atoms with Gasteiger partial charge in [-0.15, -0.1) is 0 Å². The van der Waals surface area contributed by atoms with Crippen molar-refractivity contribution >= 4 is 5.91 Å². The van der Waals surface area contributed by atoms with E-state index in [4.69, 9.17) is 0 Å². The van der Waals surface area contributed by atoms with Crippen molar-refractivity contribution in [2.45, 2.75) is 45.6 Å².